The molecule has 0 spiro atoms. The van der Waals surface area contributed by atoms with Gasteiger partial charge in [-0.05, 0) is 43.5 Å². The minimum absolute atomic E-state index is 0.00908. The van der Waals surface area contributed by atoms with Gasteiger partial charge in [-0.1, -0.05) is 50.2 Å². The van der Waals surface area contributed by atoms with E-state index < -0.39 is 10.0 Å². The van der Waals surface area contributed by atoms with Crippen LogP contribution in [0.3, 0.4) is 0 Å². The molecular weight excluding hydrogens is 348 g/mol. The molecule has 0 bridgehead atoms. The van der Waals surface area contributed by atoms with Crippen LogP contribution >= 0.6 is 0 Å². The lowest BCUT2D eigenvalue weighted by Gasteiger charge is -2.26. The molecule has 5 nitrogen and oxygen atoms in total. The van der Waals surface area contributed by atoms with Crippen LogP contribution in [0.2, 0.25) is 0 Å². The van der Waals surface area contributed by atoms with E-state index in [0.717, 1.165) is 12.0 Å². The maximum absolute atomic E-state index is 13.2. The lowest BCUT2D eigenvalue weighted by molar-refractivity contribution is -0.120. The minimum Gasteiger partial charge on any atom is -0.352 e. The zero-order chi connectivity index (χ0) is 19.2. The monoisotopic (exact) mass is 374 g/mol. The molecule has 0 saturated carbocycles. The summed E-state index contributed by atoms with van der Waals surface area (Å²) < 4.78 is 27.7. The van der Waals surface area contributed by atoms with Gasteiger partial charge in [0.15, 0.2) is 0 Å². The van der Waals surface area contributed by atoms with Gasteiger partial charge in [0.05, 0.1) is 10.6 Å². The van der Waals surface area contributed by atoms with Crippen molar-refractivity contribution in [3.63, 3.8) is 0 Å². The molecule has 0 heterocycles. The molecule has 0 aliphatic rings. The van der Waals surface area contributed by atoms with Crippen LogP contribution in [0.4, 0.5) is 5.69 Å². The number of benzene rings is 2. The SMILES string of the molecule is CCc1ccccc1N(CC(=O)N[C@@H](C)CC)S(=O)(=O)c1ccccc1. The molecule has 0 saturated heterocycles. The summed E-state index contributed by atoms with van der Waals surface area (Å²) in [6, 6.07) is 15.5. The van der Waals surface area contributed by atoms with Crippen LogP contribution in [0.1, 0.15) is 32.8 Å². The molecule has 1 N–H and O–H groups in total. The van der Waals surface area contributed by atoms with E-state index in [2.05, 4.69) is 5.32 Å². The Balaban J connectivity index is 2.47. The standard InChI is InChI=1S/C20H26N2O3S/c1-4-16(3)21-20(23)15-22(19-14-10-9-11-17(19)5-2)26(24,25)18-12-7-6-8-13-18/h6-14,16H,4-5,15H2,1-3H3,(H,21,23)/t16-/m0/s1. The number of sulfonamides is 1. The predicted molar refractivity (Wildman–Crippen MR) is 105 cm³/mol. The highest BCUT2D eigenvalue weighted by molar-refractivity contribution is 7.92. The molecule has 2 rings (SSSR count). The highest BCUT2D eigenvalue weighted by Gasteiger charge is 2.28. The fraction of sp³-hybridized carbons (Fsp3) is 0.350. The number of para-hydroxylation sites is 1. The van der Waals surface area contributed by atoms with Crippen molar-refractivity contribution in [1.82, 2.24) is 5.32 Å². The van der Waals surface area contributed by atoms with Crippen LogP contribution in [-0.2, 0) is 21.2 Å². The first kappa shape index (κ1) is 20.0. The van der Waals surface area contributed by atoms with Crippen LogP contribution < -0.4 is 9.62 Å². The Labute approximate surface area is 156 Å². The number of nitrogens with one attached hydrogen (secondary N) is 1. The highest BCUT2D eigenvalue weighted by atomic mass is 32.2. The van der Waals surface area contributed by atoms with Crippen molar-refractivity contribution in [2.45, 2.75) is 44.6 Å². The molecule has 140 valence electrons. The number of hydrogen-bond acceptors (Lipinski definition) is 3. The number of hydrogen-bond donors (Lipinski definition) is 1. The van der Waals surface area contributed by atoms with Gasteiger partial charge < -0.3 is 5.32 Å². The summed E-state index contributed by atoms with van der Waals surface area (Å²) >= 11 is 0. The van der Waals surface area contributed by atoms with Crippen LogP contribution in [0.15, 0.2) is 59.5 Å². The Bertz CT molecular complexity index is 835. The van der Waals surface area contributed by atoms with Crippen molar-refractivity contribution in [2.75, 3.05) is 10.8 Å². The summed E-state index contributed by atoms with van der Waals surface area (Å²) in [7, 11) is -3.85. The fourth-order valence-corrected chi connectivity index (χ4v) is 4.11. The summed E-state index contributed by atoms with van der Waals surface area (Å²) in [5.74, 6) is -0.315. The Morgan fingerprint density at radius 2 is 1.65 bits per heavy atom. The van der Waals surface area contributed by atoms with E-state index in [0.29, 0.717) is 12.1 Å². The van der Waals surface area contributed by atoms with Crippen molar-refractivity contribution in [3.05, 3.63) is 60.2 Å². The maximum atomic E-state index is 13.2. The fourth-order valence-electron chi connectivity index (χ4n) is 2.63. The van der Waals surface area contributed by atoms with Crippen molar-refractivity contribution in [3.8, 4) is 0 Å². The minimum atomic E-state index is -3.85. The van der Waals surface area contributed by atoms with E-state index in [1.165, 1.54) is 4.31 Å². The lowest BCUT2D eigenvalue weighted by atomic mass is 10.1. The molecule has 1 atom stereocenters. The Morgan fingerprint density at radius 3 is 2.27 bits per heavy atom. The van der Waals surface area contributed by atoms with E-state index in [1.54, 1.807) is 42.5 Å². The number of aryl methyl sites for hydroxylation is 1. The van der Waals surface area contributed by atoms with E-state index >= 15 is 0 Å². The van der Waals surface area contributed by atoms with Gasteiger partial charge in [0.25, 0.3) is 10.0 Å². The predicted octanol–water partition coefficient (Wildman–Crippen LogP) is 3.36. The van der Waals surface area contributed by atoms with Gasteiger partial charge in [0.1, 0.15) is 6.54 Å². The summed E-state index contributed by atoms with van der Waals surface area (Å²) in [4.78, 5) is 12.6. The number of rotatable bonds is 8. The van der Waals surface area contributed by atoms with Gasteiger partial charge >= 0.3 is 0 Å². The van der Waals surface area contributed by atoms with Crippen LogP contribution in [-0.4, -0.2) is 26.9 Å². The largest absolute Gasteiger partial charge is 0.352 e. The smallest absolute Gasteiger partial charge is 0.264 e. The summed E-state index contributed by atoms with van der Waals surface area (Å²) in [6.07, 6.45) is 1.45. The quantitative estimate of drug-likeness (QED) is 0.770. The Kier molecular flexibility index (Phi) is 6.80. The molecule has 0 aliphatic heterocycles. The van der Waals surface area contributed by atoms with E-state index in [1.807, 2.05) is 32.9 Å². The third kappa shape index (κ3) is 4.64. The second-order valence-corrected chi connectivity index (χ2v) is 8.05. The van der Waals surface area contributed by atoms with Crippen molar-refractivity contribution >= 4 is 21.6 Å². The van der Waals surface area contributed by atoms with Crippen molar-refractivity contribution in [1.29, 1.82) is 0 Å². The maximum Gasteiger partial charge on any atom is 0.264 e. The Morgan fingerprint density at radius 1 is 1.04 bits per heavy atom. The van der Waals surface area contributed by atoms with E-state index in [-0.39, 0.29) is 23.4 Å². The molecule has 2 aromatic rings. The second kappa shape index (κ2) is 8.85. The molecule has 0 aliphatic carbocycles. The van der Waals surface area contributed by atoms with Gasteiger partial charge in [0, 0.05) is 6.04 Å². The first-order chi connectivity index (χ1) is 12.4. The molecule has 0 radical (unpaired) electrons. The van der Waals surface area contributed by atoms with Gasteiger partial charge in [-0.25, -0.2) is 8.42 Å². The molecular formula is C20H26N2O3S. The van der Waals surface area contributed by atoms with E-state index in [4.69, 9.17) is 0 Å². The zero-order valence-corrected chi connectivity index (χ0v) is 16.3. The number of carbonyl (C=O) groups excluding carboxylic acids is 1. The first-order valence-corrected chi connectivity index (χ1v) is 10.3. The van der Waals surface area contributed by atoms with Crippen molar-refractivity contribution < 1.29 is 13.2 Å². The first-order valence-electron chi connectivity index (χ1n) is 8.85. The zero-order valence-electron chi connectivity index (χ0n) is 15.5. The Hall–Kier alpha value is -2.34. The molecule has 1 amide bonds. The highest BCUT2D eigenvalue weighted by Crippen LogP contribution is 2.27. The van der Waals surface area contributed by atoms with Crippen molar-refractivity contribution in [2.24, 2.45) is 0 Å². The number of nitrogens with zero attached hydrogens (tertiary/aromatic N) is 1. The number of carbonyl (C=O) groups is 1. The molecule has 0 unspecified atom stereocenters. The topological polar surface area (TPSA) is 66.5 Å². The molecule has 2 aromatic carbocycles. The van der Waals surface area contributed by atoms with Gasteiger partial charge in [-0.2, -0.15) is 0 Å². The van der Waals surface area contributed by atoms with Gasteiger partial charge in [-0.15, -0.1) is 0 Å². The van der Waals surface area contributed by atoms with Gasteiger partial charge in [0.2, 0.25) is 5.91 Å². The third-order valence-electron chi connectivity index (χ3n) is 4.28. The number of anilines is 1. The molecule has 26 heavy (non-hydrogen) atoms. The average molecular weight is 375 g/mol. The van der Waals surface area contributed by atoms with Crippen LogP contribution in [0, 0.1) is 0 Å². The van der Waals surface area contributed by atoms with Crippen LogP contribution in [0.5, 0.6) is 0 Å². The number of amides is 1. The molecule has 6 heteroatoms. The summed E-state index contributed by atoms with van der Waals surface area (Å²) in [5, 5.41) is 2.85. The van der Waals surface area contributed by atoms with Gasteiger partial charge in [-0.3, -0.25) is 9.10 Å². The molecule has 0 aromatic heterocycles. The molecule has 0 fully saturated rings. The lowest BCUT2D eigenvalue weighted by Crippen LogP contribution is -2.43. The average Bonchev–Trinajstić information content (AvgIpc) is 2.66. The second-order valence-electron chi connectivity index (χ2n) is 6.18. The third-order valence-corrected chi connectivity index (χ3v) is 6.05. The summed E-state index contributed by atoms with van der Waals surface area (Å²) in [6.45, 7) is 5.58. The van der Waals surface area contributed by atoms with Crippen LogP contribution in [0.25, 0.3) is 0 Å². The normalized spacial score (nSPS) is 12.4. The van der Waals surface area contributed by atoms with E-state index in [9.17, 15) is 13.2 Å². The summed E-state index contributed by atoms with van der Waals surface area (Å²) in [5.41, 5.74) is 1.42.